The molecule has 1 unspecified atom stereocenters. The van der Waals surface area contributed by atoms with E-state index < -0.39 is 17.7 Å². The summed E-state index contributed by atoms with van der Waals surface area (Å²) in [4.78, 5) is 28.2. The first-order chi connectivity index (χ1) is 17.1. The smallest absolute Gasteiger partial charge is 0.300 e. The predicted molar refractivity (Wildman–Crippen MR) is 144 cm³/mol. The number of carbonyl (C=O) groups is 2. The number of aliphatic hydroxyl groups is 1. The van der Waals surface area contributed by atoms with E-state index in [2.05, 4.69) is 0 Å². The molecule has 1 amide bonds. The number of carbonyl (C=O) groups excluding carboxylic acids is 2. The Bertz CT molecular complexity index is 1380. The molecule has 7 heteroatoms. The topological polar surface area (TPSA) is 66.8 Å². The van der Waals surface area contributed by atoms with Crippen molar-refractivity contribution in [2.45, 2.75) is 39.7 Å². The van der Waals surface area contributed by atoms with Gasteiger partial charge >= 0.3 is 0 Å². The third kappa shape index (κ3) is 4.61. The van der Waals surface area contributed by atoms with E-state index >= 15 is 0 Å². The third-order valence-electron chi connectivity index (χ3n) is 6.31. The van der Waals surface area contributed by atoms with Crippen molar-refractivity contribution in [2.24, 2.45) is 0 Å². The van der Waals surface area contributed by atoms with Crippen LogP contribution < -0.4 is 9.64 Å². The van der Waals surface area contributed by atoms with Gasteiger partial charge in [-0.25, -0.2) is 0 Å². The molecule has 1 N–H and O–H groups in total. The second-order valence-electron chi connectivity index (χ2n) is 8.96. The number of benzene rings is 3. The molecule has 0 aliphatic carbocycles. The van der Waals surface area contributed by atoms with Crippen molar-refractivity contribution in [1.29, 1.82) is 0 Å². The lowest BCUT2D eigenvalue weighted by Gasteiger charge is -2.27. The van der Waals surface area contributed by atoms with Crippen LogP contribution in [0, 0.1) is 6.92 Å². The highest BCUT2D eigenvalue weighted by molar-refractivity contribution is 6.52. The summed E-state index contributed by atoms with van der Waals surface area (Å²) in [6, 6.07) is 16.7. The van der Waals surface area contributed by atoms with Crippen LogP contribution in [0.5, 0.6) is 5.75 Å². The van der Waals surface area contributed by atoms with E-state index in [4.69, 9.17) is 27.9 Å². The van der Waals surface area contributed by atoms with Crippen molar-refractivity contribution in [2.75, 3.05) is 11.5 Å². The van der Waals surface area contributed by atoms with Gasteiger partial charge in [-0.3, -0.25) is 14.5 Å². The maximum Gasteiger partial charge on any atom is 0.300 e. The summed E-state index contributed by atoms with van der Waals surface area (Å²) in [5, 5.41) is 12.1. The molecular formula is C29H27Cl2NO4. The number of amides is 1. The van der Waals surface area contributed by atoms with Crippen LogP contribution in [-0.4, -0.2) is 23.4 Å². The largest absolute Gasteiger partial charge is 0.507 e. The number of Topliss-reactive ketones (excluding diaryl/α,β-unsaturated/α-hetero) is 1. The molecule has 186 valence electrons. The molecule has 0 radical (unpaired) electrons. The van der Waals surface area contributed by atoms with Gasteiger partial charge in [-0.2, -0.15) is 0 Å². The molecule has 3 aromatic rings. The third-order valence-corrected chi connectivity index (χ3v) is 7.05. The van der Waals surface area contributed by atoms with Crippen LogP contribution in [0.25, 0.3) is 5.76 Å². The molecule has 4 rings (SSSR count). The Morgan fingerprint density at radius 2 is 1.75 bits per heavy atom. The zero-order chi connectivity index (χ0) is 26.1. The van der Waals surface area contributed by atoms with E-state index in [0.717, 1.165) is 22.4 Å². The summed E-state index contributed by atoms with van der Waals surface area (Å²) >= 11 is 12.4. The lowest BCUT2D eigenvalue weighted by Crippen LogP contribution is -2.29. The Morgan fingerprint density at radius 1 is 1.03 bits per heavy atom. The molecule has 0 aromatic heterocycles. The Morgan fingerprint density at radius 3 is 2.39 bits per heavy atom. The normalized spacial score (nSPS) is 17.2. The second-order valence-corrected chi connectivity index (χ2v) is 9.78. The molecular weight excluding hydrogens is 497 g/mol. The fraction of sp³-hybridized carbons (Fsp3) is 0.241. The fourth-order valence-corrected chi connectivity index (χ4v) is 4.80. The van der Waals surface area contributed by atoms with Gasteiger partial charge in [0, 0.05) is 11.3 Å². The van der Waals surface area contributed by atoms with Gasteiger partial charge in [0.05, 0.1) is 28.3 Å². The fourth-order valence-electron chi connectivity index (χ4n) is 4.51. The average Bonchev–Trinajstić information content (AvgIpc) is 3.11. The monoisotopic (exact) mass is 523 g/mol. The first-order valence-corrected chi connectivity index (χ1v) is 12.5. The Kier molecular flexibility index (Phi) is 7.43. The lowest BCUT2D eigenvalue weighted by molar-refractivity contribution is -0.132. The number of rotatable bonds is 6. The maximum atomic E-state index is 13.4. The highest BCUT2D eigenvalue weighted by Gasteiger charge is 2.47. The van der Waals surface area contributed by atoms with Gasteiger partial charge in [0.1, 0.15) is 11.5 Å². The van der Waals surface area contributed by atoms with Crippen molar-refractivity contribution in [3.63, 3.8) is 0 Å². The van der Waals surface area contributed by atoms with Crippen molar-refractivity contribution < 1.29 is 19.4 Å². The number of ether oxygens (including phenoxy) is 1. The highest BCUT2D eigenvalue weighted by Crippen LogP contribution is 2.44. The Labute approximate surface area is 220 Å². The van der Waals surface area contributed by atoms with Crippen LogP contribution in [0.3, 0.4) is 0 Å². The van der Waals surface area contributed by atoms with E-state index in [-0.39, 0.29) is 22.3 Å². The molecule has 3 aromatic carbocycles. The molecule has 1 fully saturated rings. The SMILES string of the molecule is CCOc1ccc(/C(O)=C2\C(=O)C(=O)N(c3ccc(Cl)c(Cl)c3)C2c2ccccc2C)cc1C(C)C. The molecule has 0 bridgehead atoms. The number of halogens is 2. The summed E-state index contributed by atoms with van der Waals surface area (Å²) in [6.07, 6.45) is 0. The first kappa shape index (κ1) is 25.8. The quantitative estimate of drug-likeness (QED) is 0.207. The lowest BCUT2D eigenvalue weighted by atomic mass is 9.91. The molecule has 5 nitrogen and oxygen atoms in total. The number of aryl methyl sites for hydroxylation is 1. The molecule has 0 spiro atoms. The number of aliphatic hydroxyl groups excluding tert-OH is 1. The van der Waals surface area contributed by atoms with Gasteiger partial charge in [0.15, 0.2) is 0 Å². The summed E-state index contributed by atoms with van der Waals surface area (Å²) in [6.45, 7) is 8.37. The summed E-state index contributed by atoms with van der Waals surface area (Å²) < 4.78 is 5.75. The van der Waals surface area contributed by atoms with Crippen LogP contribution in [-0.2, 0) is 9.59 Å². The van der Waals surface area contributed by atoms with Gasteiger partial charge < -0.3 is 9.84 Å². The summed E-state index contributed by atoms with van der Waals surface area (Å²) in [5.74, 6) is -0.931. The van der Waals surface area contributed by atoms with Gasteiger partial charge in [-0.1, -0.05) is 61.3 Å². The van der Waals surface area contributed by atoms with Crippen molar-refractivity contribution >= 4 is 46.3 Å². The average molecular weight is 524 g/mol. The van der Waals surface area contributed by atoms with E-state index in [1.165, 1.54) is 4.90 Å². The Balaban J connectivity index is 1.96. The van der Waals surface area contributed by atoms with E-state index in [1.807, 2.05) is 58.0 Å². The molecule has 1 heterocycles. The van der Waals surface area contributed by atoms with Gasteiger partial charge in [-0.05, 0) is 72.9 Å². The number of hydrogen-bond acceptors (Lipinski definition) is 4. The predicted octanol–water partition coefficient (Wildman–Crippen LogP) is 7.45. The van der Waals surface area contributed by atoms with E-state index in [0.29, 0.717) is 22.9 Å². The zero-order valence-electron chi connectivity index (χ0n) is 20.5. The second kappa shape index (κ2) is 10.4. The summed E-state index contributed by atoms with van der Waals surface area (Å²) in [5.41, 5.74) is 3.35. The van der Waals surface area contributed by atoms with Crippen molar-refractivity contribution in [1.82, 2.24) is 0 Å². The van der Waals surface area contributed by atoms with Crippen molar-refractivity contribution in [3.05, 3.63) is 98.5 Å². The highest BCUT2D eigenvalue weighted by atomic mass is 35.5. The molecule has 1 aliphatic rings. The minimum atomic E-state index is -0.850. The van der Waals surface area contributed by atoms with Gasteiger partial charge in [-0.15, -0.1) is 0 Å². The molecule has 1 aliphatic heterocycles. The molecule has 1 atom stereocenters. The van der Waals surface area contributed by atoms with Gasteiger partial charge in [0.25, 0.3) is 11.7 Å². The van der Waals surface area contributed by atoms with Crippen LogP contribution in [0.15, 0.2) is 66.2 Å². The van der Waals surface area contributed by atoms with Crippen LogP contribution in [0.2, 0.25) is 10.0 Å². The molecule has 0 saturated carbocycles. The van der Waals surface area contributed by atoms with Crippen LogP contribution in [0.4, 0.5) is 5.69 Å². The van der Waals surface area contributed by atoms with E-state index in [9.17, 15) is 14.7 Å². The zero-order valence-corrected chi connectivity index (χ0v) is 22.0. The van der Waals surface area contributed by atoms with Gasteiger partial charge in [0.2, 0.25) is 0 Å². The number of anilines is 1. The van der Waals surface area contributed by atoms with Crippen molar-refractivity contribution in [3.8, 4) is 5.75 Å². The first-order valence-electron chi connectivity index (χ1n) is 11.7. The number of nitrogens with zero attached hydrogens (tertiary/aromatic N) is 1. The Hall–Kier alpha value is -3.28. The molecule has 1 saturated heterocycles. The minimum absolute atomic E-state index is 0.0132. The standard InChI is InChI=1S/C29H27Cl2NO4/c1-5-36-24-13-10-18(14-21(24)16(2)3)27(33)25-26(20-9-7-6-8-17(20)4)32(29(35)28(25)34)19-11-12-22(30)23(31)15-19/h6-16,26,33H,5H2,1-4H3/b27-25+. The van der Waals surface area contributed by atoms with Crippen LogP contribution in [0.1, 0.15) is 55.0 Å². The van der Waals surface area contributed by atoms with Crippen LogP contribution >= 0.6 is 23.2 Å². The molecule has 36 heavy (non-hydrogen) atoms. The maximum absolute atomic E-state index is 13.4. The number of ketones is 1. The minimum Gasteiger partial charge on any atom is -0.507 e. The number of hydrogen-bond donors (Lipinski definition) is 1. The summed E-state index contributed by atoms with van der Waals surface area (Å²) in [7, 11) is 0. The van der Waals surface area contributed by atoms with E-state index in [1.54, 1.807) is 30.3 Å².